The fourth-order valence-electron chi connectivity index (χ4n) is 3.50. The molecule has 0 radical (unpaired) electrons. The molecule has 8 heteroatoms. The van der Waals surface area contributed by atoms with Gasteiger partial charge < -0.3 is 20.1 Å². The molecule has 1 aromatic carbocycles. The maximum Gasteiger partial charge on any atom is 0.251 e. The number of nitrogens with one attached hydrogen (secondary N) is 2. The average molecular weight is 511 g/mol. The topological polar surface area (TPSA) is 85.4 Å². The highest BCUT2D eigenvalue weighted by Crippen LogP contribution is 2.29. The normalized spacial score (nSPS) is 11.8. The van der Waals surface area contributed by atoms with E-state index in [0.717, 1.165) is 18.5 Å². The molecule has 0 saturated carbocycles. The van der Waals surface area contributed by atoms with Crippen molar-refractivity contribution in [3.63, 3.8) is 0 Å². The first-order valence-corrected chi connectivity index (χ1v) is 11.9. The molecule has 0 unspecified atom stereocenters. The van der Waals surface area contributed by atoms with Crippen LogP contribution in [0.3, 0.4) is 0 Å². The number of anilines is 1. The van der Waals surface area contributed by atoms with Crippen molar-refractivity contribution in [2.75, 3.05) is 12.4 Å². The van der Waals surface area contributed by atoms with Crippen LogP contribution in [0.4, 0.5) is 10.2 Å². The number of amides is 1. The molecule has 1 aliphatic rings. The maximum atomic E-state index is 13.9. The van der Waals surface area contributed by atoms with Crippen LogP contribution >= 0.6 is 0 Å². The number of halogens is 1. The van der Waals surface area contributed by atoms with Gasteiger partial charge in [0.15, 0.2) is 5.82 Å². The number of pyridine rings is 2. The number of ether oxygens (including phenoxy) is 2. The summed E-state index contributed by atoms with van der Waals surface area (Å²) in [5.74, 6) is 0.881. The van der Waals surface area contributed by atoms with E-state index >= 15 is 0 Å². The standard InChI is InChI=1S/C26H25FN4O3.C2H6.CH4.2H2/c1-17-21(25(32)29-15-18-13-22(27)26(33-2)30-16-18)9-6-10-23(17)34-20-11-12-28-24(14-20)31-19-7-4-3-5-8-19;1-2;;;/h3-4,6-7,9-14,16H,5,8,15H2,1-2H3,(H,28,31)(H,29,32);1-2H3;1H4;2*1H. The van der Waals surface area contributed by atoms with Crippen LogP contribution in [0.1, 0.15) is 58.5 Å². The minimum Gasteiger partial charge on any atom is -0.479 e. The van der Waals surface area contributed by atoms with Crippen molar-refractivity contribution in [2.24, 2.45) is 0 Å². The summed E-state index contributed by atoms with van der Waals surface area (Å²) in [4.78, 5) is 21.0. The number of methoxy groups -OCH3 is 1. The van der Waals surface area contributed by atoms with E-state index in [1.807, 2.05) is 39.0 Å². The van der Waals surface area contributed by atoms with Gasteiger partial charge in [0, 0.05) is 44.7 Å². The summed E-state index contributed by atoms with van der Waals surface area (Å²) in [7, 11) is 1.35. The fourth-order valence-corrected chi connectivity index (χ4v) is 3.50. The maximum absolute atomic E-state index is 13.9. The third-order valence-corrected chi connectivity index (χ3v) is 5.30. The van der Waals surface area contributed by atoms with Crippen LogP contribution in [0.5, 0.6) is 17.4 Å². The third-order valence-electron chi connectivity index (χ3n) is 5.30. The van der Waals surface area contributed by atoms with E-state index in [1.54, 1.807) is 30.5 Å². The predicted octanol–water partition coefficient (Wildman–Crippen LogP) is 7.46. The summed E-state index contributed by atoms with van der Waals surface area (Å²) in [6.45, 7) is 5.94. The van der Waals surface area contributed by atoms with Gasteiger partial charge in [0.05, 0.1) is 7.11 Å². The molecule has 0 spiro atoms. The molecule has 37 heavy (non-hydrogen) atoms. The zero-order chi connectivity index (χ0) is 25.9. The van der Waals surface area contributed by atoms with Crippen LogP contribution in [0, 0.1) is 12.7 Å². The van der Waals surface area contributed by atoms with Crippen molar-refractivity contribution < 1.29 is 21.5 Å². The number of rotatable bonds is 8. The Morgan fingerprint density at radius 3 is 2.70 bits per heavy atom. The van der Waals surface area contributed by atoms with Crippen molar-refractivity contribution >= 4 is 11.7 Å². The Hall–Kier alpha value is -4.20. The minimum absolute atomic E-state index is 0. The lowest BCUT2D eigenvalue weighted by Gasteiger charge is -2.14. The van der Waals surface area contributed by atoms with Gasteiger partial charge in [-0.05, 0) is 55.7 Å². The summed E-state index contributed by atoms with van der Waals surface area (Å²) >= 11 is 0. The largest absolute Gasteiger partial charge is 0.479 e. The second kappa shape index (κ2) is 14.4. The van der Waals surface area contributed by atoms with E-state index in [1.165, 1.54) is 19.4 Å². The molecule has 1 aliphatic carbocycles. The van der Waals surface area contributed by atoms with Crippen LogP contribution in [0.2, 0.25) is 0 Å². The highest BCUT2D eigenvalue weighted by Gasteiger charge is 2.14. The zero-order valence-corrected chi connectivity index (χ0v) is 21.0. The minimum atomic E-state index is -0.580. The van der Waals surface area contributed by atoms with Crippen molar-refractivity contribution in [3.8, 4) is 17.4 Å². The Balaban J connectivity index is 0.00000282. The van der Waals surface area contributed by atoms with E-state index in [-0.39, 0.29) is 28.6 Å². The van der Waals surface area contributed by atoms with E-state index in [4.69, 9.17) is 9.47 Å². The van der Waals surface area contributed by atoms with Crippen molar-refractivity contribution in [3.05, 3.63) is 95.2 Å². The summed E-state index contributed by atoms with van der Waals surface area (Å²) in [6, 6.07) is 10.1. The lowest BCUT2D eigenvalue weighted by atomic mass is 10.1. The van der Waals surface area contributed by atoms with Crippen LogP contribution in [0.25, 0.3) is 0 Å². The molecule has 1 amide bonds. The number of carbonyl (C=O) groups excluding carboxylic acids is 1. The van der Waals surface area contributed by atoms with Gasteiger partial charge in [0.25, 0.3) is 5.91 Å². The quantitative estimate of drug-likeness (QED) is 0.327. The lowest BCUT2D eigenvalue weighted by Crippen LogP contribution is -2.23. The highest BCUT2D eigenvalue weighted by molar-refractivity contribution is 5.96. The number of nitrogens with zero attached hydrogens (tertiary/aromatic N) is 2. The Bertz CT molecular complexity index is 1270. The summed E-state index contributed by atoms with van der Waals surface area (Å²) in [5.41, 5.74) is 2.77. The highest BCUT2D eigenvalue weighted by atomic mass is 19.1. The molecular weight excluding hydrogens is 471 g/mol. The van der Waals surface area contributed by atoms with Gasteiger partial charge >= 0.3 is 0 Å². The van der Waals surface area contributed by atoms with E-state index in [0.29, 0.717) is 34.0 Å². The molecule has 2 aromatic heterocycles. The Morgan fingerprint density at radius 2 is 2.00 bits per heavy atom. The van der Waals surface area contributed by atoms with Crippen LogP contribution in [-0.2, 0) is 6.54 Å². The molecule has 0 aliphatic heterocycles. The summed E-state index contributed by atoms with van der Waals surface area (Å²) in [5, 5.41) is 6.10. The second-order valence-corrected chi connectivity index (χ2v) is 7.71. The fraction of sp³-hybridized carbons (Fsp3) is 0.276. The number of hydrogen-bond donors (Lipinski definition) is 2. The van der Waals surface area contributed by atoms with Crippen molar-refractivity contribution in [1.82, 2.24) is 15.3 Å². The molecule has 200 valence electrons. The van der Waals surface area contributed by atoms with Gasteiger partial charge in [-0.3, -0.25) is 4.79 Å². The first-order chi connectivity index (χ1) is 17.5. The van der Waals surface area contributed by atoms with Gasteiger partial charge in [-0.2, -0.15) is 0 Å². The van der Waals surface area contributed by atoms with Gasteiger partial charge in [-0.15, -0.1) is 0 Å². The van der Waals surface area contributed by atoms with Crippen LogP contribution < -0.4 is 20.1 Å². The van der Waals surface area contributed by atoms with E-state index in [2.05, 4.69) is 26.7 Å². The molecule has 0 bridgehead atoms. The smallest absolute Gasteiger partial charge is 0.251 e. The van der Waals surface area contributed by atoms with Crippen molar-refractivity contribution in [2.45, 2.75) is 47.6 Å². The molecule has 0 atom stereocenters. The van der Waals surface area contributed by atoms with Gasteiger partial charge in [0.2, 0.25) is 5.88 Å². The monoisotopic (exact) mass is 510 g/mol. The number of allylic oxidation sites excluding steroid dienone is 4. The molecule has 0 saturated heterocycles. The Morgan fingerprint density at radius 1 is 1.19 bits per heavy atom. The molecule has 0 fully saturated rings. The van der Waals surface area contributed by atoms with E-state index in [9.17, 15) is 9.18 Å². The number of hydrogen-bond acceptors (Lipinski definition) is 6. The Labute approximate surface area is 221 Å². The van der Waals surface area contributed by atoms with Gasteiger partial charge in [-0.1, -0.05) is 39.5 Å². The SMILES string of the molecule is C.CC.COc1ncc(CNC(=O)c2cccc(Oc3ccnc(NC4=CC=CCC4)c3)c2C)cc1F.[HH].[HH]. The van der Waals surface area contributed by atoms with Crippen LogP contribution in [-0.4, -0.2) is 23.0 Å². The Kier molecular flexibility index (Phi) is 11.3. The molecule has 7 nitrogen and oxygen atoms in total. The number of benzene rings is 1. The molecule has 2 N–H and O–H groups in total. The van der Waals surface area contributed by atoms with E-state index < -0.39 is 5.82 Å². The third kappa shape index (κ3) is 7.90. The summed E-state index contributed by atoms with van der Waals surface area (Å²) in [6.07, 6.45) is 11.2. The molecule has 4 rings (SSSR count). The van der Waals surface area contributed by atoms with Crippen molar-refractivity contribution in [1.29, 1.82) is 0 Å². The van der Waals surface area contributed by atoms with Gasteiger partial charge in [-0.25, -0.2) is 14.4 Å². The number of aromatic nitrogens is 2. The van der Waals surface area contributed by atoms with Gasteiger partial charge in [0.1, 0.15) is 17.3 Å². The molecule has 3 aromatic rings. The zero-order valence-electron chi connectivity index (χ0n) is 21.0. The second-order valence-electron chi connectivity index (χ2n) is 7.71. The predicted molar refractivity (Wildman–Crippen MR) is 150 cm³/mol. The first-order valence-electron chi connectivity index (χ1n) is 11.9. The molecule has 2 heterocycles. The lowest BCUT2D eigenvalue weighted by molar-refractivity contribution is 0.0950. The number of carbonyl (C=O) groups is 1. The van der Waals surface area contributed by atoms with Crippen LogP contribution in [0.15, 0.2) is 72.7 Å². The average Bonchev–Trinajstić information content (AvgIpc) is 2.90. The molecular formula is C29H39FN4O3. The summed E-state index contributed by atoms with van der Waals surface area (Å²) < 4.78 is 24.7. The first kappa shape index (κ1) is 29.0.